The predicted octanol–water partition coefficient (Wildman–Crippen LogP) is 2.59. The predicted molar refractivity (Wildman–Crippen MR) is 73.2 cm³/mol. The summed E-state index contributed by atoms with van der Waals surface area (Å²) in [4.78, 5) is 13.9. The van der Waals surface area contributed by atoms with Gasteiger partial charge in [-0.25, -0.2) is 8.78 Å². The number of nitrogens with zero attached hydrogens (tertiary/aromatic N) is 1. The van der Waals surface area contributed by atoms with Crippen LogP contribution in [0.15, 0.2) is 0 Å². The molecule has 1 saturated carbocycles. The van der Waals surface area contributed by atoms with Gasteiger partial charge < -0.3 is 16.0 Å². The van der Waals surface area contributed by atoms with E-state index in [1.807, 2.05) is 0 Å². The number of amides is 1. The molecule has 0 spiro atoms. The molecule has 1 aliphatic carbocycles. The van der Waals surface area contributed by atoms with Crippen LogP contribution >= 0.6 is 11.3 Å². The number of anilines is 2. The Hall–Kier alpha value is -1.37. The summed E-state index contributed by atoms with van der Waals surface area (Å²) in [5, 5.41) is 3.32. The zero-order valence-electron chi connectivity index (χ0n) is 10.9. The summed E-state index contributed by atoms with van der Waals surface area (Å²) >= 11 is 1.17. The van der Waals surface area contributed by atoms with Gasteiger partial charge in [0.15, 0.2) is 0 Å². The third kappa shape index (κ3) is 2.97. The second-order valence-corrected chi connectivity index (χ2v) is 5.85. The average molecular weight is 289 g/mol. The van der Waals surface area contributed by atoms with Gasteiger partial charge in [0.2, 0.25) is 0 Å². The topological polar surface area (TPSA) is 58.4 Å². The van der Waals surface area contributed by atoms with Crippen molar-refractivity contribution in [2.24, 2.45) is 0 Å². The van der Waals surface area contributed by atoms with Crippen LogP contribution in [0.5, 0.6) is 0 Å². The number of nitrogens with two attached hydrogens (primary N) is 1. The summed E-state index contributed by atoms with van der Waals surface area (Å²) < 4.78 is 24.6. The molecule has 4 nitrogen and oxygen atoms in total. The number of hydrogen-bond donors (Lipinski definition) is 2. The third-order valence-electron chi connectivity index (χ3n) is 2.99. The van der Waals surface area contributed by atoms with E-state index in [1.165, 1.54) is 16.2 Å². The molecule has 0 saturated heterocycles. The second-order valence-electron chi connectivity index (χ2n) is 4.83. The Kier molecular flexibility index (Phi) is 3.93. The Morgan fingerprint density at radius 1 is 1.53 bits per heavy atom. The Morgan fingerprint density at radius 3 is 2.63 bits per heavy atom. The molecule has 1 amide bonds. The molecule has 1 aromatic rings. The van der Waals surface area contributed by atoms with Crippen LogP contribution in [0.25, 0.3) is 0 Å². The van der Waals surface area contributed by atoms with Crippen LogP contribution in [0.2, 0.25) is 0 Å². The number of rotatable bonds is 5. The molecular weight excluding hydrogens is 272 g/mol. The minimum atomic E-state index is -2.43. The van der Waals surface area contributed by atoms with Crippen molar-refractivity contribution < 1.29 is 13.6 Å². The van der Waals surface area contributed by atoms with Gasteiger partial charge in [0, 0.05) is 19.7 Å². The molecule has 0 atom stereocenters. The van der Waals surface area contributed by atoms with Gasteiger partial charge in [-0.3, -0.25) is 4.79 Å². The van der Waals surface area contributed by atoms with E-state index < -0.39 is 13.0 Å². The maximum absolute atomic E-state index is 12.3. The molecule has 1 fully saturated rings. The number of nitrogen functional groups attached to an aromatic ring is 1. The van der Waals surface area contributed by atoms with Crippen LogP contribution in [0.1, 0.15) is 34.0 Å². The van der Waals surface area contributed by atoms with Crippen molar-refractivity contribution in [3.05, 3.63) is 10.4 Å². The molecule has 1 aliphatic rings. The average Bonchev–Trinajstić information content (AvgIpc) is 3.10. The first-order valence-electron chi connectivity index (χ1n) is 6.07. The van der Waals surface area contributed by atoms with Crippen LogP contribution in [0.3, 0.4) is 0 Å². The lowest BCUT2D eigenvalue weighted by atomic mass is 10.1. The number of thiophene rings is 1. The standard InChI is InChI=1S/C12H17F2N3OS/c1-17(2)12(18)10-9(15)8(6-3-4-6)11(19-10)16-5-7(13)14/h6-7,16H,3-5,15H2,1-2H3. The van der Waals surface area contributed by atoms with Crippen molar-refractivity contribution in [1.29, 1.82) is 0 Å². The maximum Gasteiger partial charge on any atom is 0.265 e. The molecule has 0 bridgehead atoms. The molecule has 106 valence electrons. The van der Waals surface area contributed by atoms with E-state index in [4.69, 9.17) is 5.73 Å². The summed E-state index contributed by atoms with van der Waals surface area (Å²) in [5.74, 6) is 0.120. The van der Waals surface area contributed by atoms with E-state index in [0.717, 1.165) is 18.4 Å². The van der Waals surface area contributed by atoms with Crippen LogP contribution < -0.4 is 11.1 Å². The Morgan fingerprint density at radius 2 is 2.16 bits per heavy atom. The number of hydrogen-bond acceptors (Lipinski definition) is 4. The molecule has 7 heteroatoms. The Bertz CT molecular complexity index is 484. The molecule has 0 radical (unpaired) electrons. The zero-order chi connectivity index (χ0) is 14.2. The van der Waals surface area contributed by atoms with Gasteiger partial charge in [-0.15, -0.1) is 11.3 Å². The van der Waals surface area contributed by atoms with Crippen molar-refractivity contribution in [3.8, 4) is 0 Å². The fourth-order valence-corrected chi connectivity index (χ4v) is 3.13. The smallest absolute Gasteiger partial charge is 0.265 e. The number of carbonyl (C=O) groups is 1. The van der Waals surface area contributed by atoms with E-state index in [0.29, 0.717) is 21.5 Å². The van der Waals surface area contributed by atoms with Crippen LogP contribution in [0, 0.1) is 0 Å². The first-order valence-corrected chi connectivity index (χ1v) is 6.89. The number of carbonyl (C=O) groups excluding carboxylic acids is 1. The van der Waals surface area contributed by atoms with Crippen molar-refractivity contribution >= 4 is 27.9 Å². The minimum absolute atomic E-state index is 0.186. The highest BCUT2D eigenvalue weighted by atomic mass is 32.1. The molecule has 3 N–H and O–H groups in total. The monoisotopic (exact) mass is 289 g/mol. The van der Waals surface area contributed by atoms with E-state index >= 15 is 0 Å². The summed E-state index contributed by atoms with van der Waals surface area (Å²) in [6.45, 7) is -0.421. The molecule has 0 aromatic carbocycles. The van der Waals surface area contributed by atoms with Crippen molar-refractivity contribution in [3.63, 3.8) is 0 Å². The highest BCUT2D eigenvalue weighted by molar-refractivity contribution is 7.18. The fourth-order valence-electron chi connectivity index (χ4n) is 1.90. The number of halogens is 2. The maximum atomic E-state index is 12.3. The highest BCUT2D eigenvalue weighted by Gasteiger charge is 2.33. The molecule has 19 heavy (non-hydrogen) atoms. The fraction of sp³-hybridized carbons (Fsp3) is 0.583. The Balaban J connectivity index is 2.31. The van der Waals surface area contributed by atoms with Gasteiger partial charge in [-0.2, -0.15) is 0 Å². The van der Waals surface area contributed by atoms with Crippen molar-refractivity contribution in [1.82, 2.24) is 4.90 Å². The van der Waals surface area contributed by atoms with Crippen LogP contribution in [-0.2, 0) is 0 Å². The summed E-state index contributed by atoms with van der Waals surface area (Å²) in [6.07, 6.45) is -0.428. The summed E-state index contributed by atoms with van der Waals surface area (Å²) in [7, 11) is 3.29. The van der Waals surface area contributed by atoms with E-state index in [1.54, 1.807) is 14.1 Å². The van der Waals surface area contributed by atoms with E-state index in [-0.39, 0.29) is 5.91 Å². The molecule has 1 aromatic heterocycles. The van der Waals surface area contributed by atoms with Gasteiger partial charge in [-0.1, -0.05) is 0 Å². The Labute approximate surface area is 114 Å². The first-order chi connectivity index (χ1) is 8.91. The van der Waals surface area contributed by atoms with E-state index in [2.05, 4.69) is 5.32 Å². The van der Waals surface area contributed by atoms with Gasteiger partial charge in [-0.05, 0) is 18.8 Å². The largest absolute Gasteiger partial charge is 0.397 e. The number of nitrogens with one attached hydrogen (secondary N) is 1. The quantitative estimate of drug-likeness (QED) is 0.876. The van der Waals surface area contributed by atoms with Gasteiger partial charge >= 0.3 is 0 Å². The van der Waals surface area contributed by atoms with E-state index in [9.17, 15) is 13.6 Å². The van der Waals surface area contributed by atoms with Crippen molar-refractivity contribution in [2.45, 2.75) is 25.2 Å². The highest BCUT2D eigenvalue weighted by Crippen LogP contribution is 2.50. The molecule has 2 rings (SSSR count). The lowest BCUT2D eigenvalue weighted by Gasteiger charge is -2.08. The summed E-state index contributed by atoms with van der Waals surface area (Å²) in [5.41, 5.74) is 7.32. The molecule has 1 heterocycles. The zero-order valence-corrected chi connectivity index (χ0v) is 11.7. The second kappa shape index (κ2) is 5.32. The SMILES string of the molecule is CN(C)C(=O)c1sc(NCC(F)F)c(C2CC2)c1N. The van der Waals surface area contributed by atoms with Crippen molar-refractivity contribution in [2.75, 3.05) is 31.7 Å². The normalized spacial score (nSPS) is 14.8. The number of alkyl halides is 2. The first kappa shape index (κ1) is 14.0. The molecule has 0 aliphatic heterocycles. The van der Waals surface area contributed by atoms with Gasteiger partial charge in [0.1, 0.15) is 4.88 Å². The van der Waals surface area contributed by atoms with Crippen LogP contribution in [-0.4, -0.2) is 37.9 Å². The minimum Gasteiger partial charge on any atom is -0.397 e. The lowest BCUT2D eigenvalue weighted by molar-refractivity contribution is 0.0833. The summed E-state index contributed by atoms with van der Waals surface area (Å²) in [6, 6.07) is 0. The third-order valence-corrected chi connectivity index (χ3v) is 4.15. The van der Waals surface area contributed by atoms with Gasteiger partial charge in [0.25, 0.3) is 12.3 Å². The van der Waals surface area contributed by atoms with Crippen LogP contribution in [0.4, 0.5) is 19.5 Å². The lowest BCUT2D eigenvalue weighted by Crippen LogP contribution is -2.21. The molecular formula is C12H17F2N3OS. The molecule has 0 unspecified atom stereocenters. The van der Waals surface area contributed by atoms with Gasteiger partial charge in [0.05, 0.1) is 17.2 Å².